The summed E-state index contributed by atoms with van der Waals surface area (Å²) >= 11 is 1.53. The van der Waals surface area contributed by atoms with Gasteiger partial charge >= 0.3 is 5.97 Å². The Morgan fingerprint density at radius 2 is 2.10 bits per heavy atom. The van der Waals surface area contributed by atoms with Crippen LogP contribution in [0.5, 0.6) is 0 Å². The molecule has 1 atom stereocenters. The van der Waals surface area contributed by atoms with Crippen LogP contribution in [0.3, 0.4) is 0 Å². The number of amides is 1. The molecule has 114 valence electrons. The molecule has 4 nitrogen and oxygen atoms in total. The van der Waals surface area contributed by atoms with Gasteiger partial charge in [0.25, 0.3) is 0 Å². The highest BCUT2D eigenvalue weighted by atomic mass is 32.2. The molecule has 1 aliphatic heterocycles. The van der Waals surface area contributed by atoms with E-state index in [0.717, 1.165) is 17.7 Å². The normalized spacial score (nSPS) is 18.4. The van der Waals surface area contributed by atoms with Gasteiger partial charge in [-0.2, -0.15) is 0 Å². The van der Waals surface area contributed by atoms with E-state index in [1.807, 2.05) is 31.2 Å². The number of aryl methyl sites for hydroxylation is 1. The second kappa shape index (κ2) is 7.50. The van der Waals surface area contributed by atoms with Crippen LogP contribution >= 0.6 is 11.8 Å². The van der Waals surface area contributed by atoms with Gasteiger partial charge in [-0.15, -0.1) is 11.8 Å². The number of methoxy groups -OCH3 is 1. The van der Waals surface area contributed by atoms with Crippen molar-refractivity contribution in [2.45, 2.75) is 37.1 Å². The molecule has 1 aromatic rings. The summed E-state index contributed by atoms with van der Waals surface area (Å²) in [5.41, 5.74) is 1.17. The Morgan fingerprint density at radius 3 is 2.81 bits per heavy atom. The molecule has 1 amide bonds. The summed E-state index contributed by atoms with van der Waals surface area (Å²) < 4.78 is 4.81. The fourth-order valence-corrected chi connectivity index (χ4v) is 3.47. The van der Waals surface area contributed by atoms with Gasteiger partial charge in [-0.05, 0) is 37.8 Å². The average Bonchev–Trinajstić information content (AvgIpc) is 2.53. The minimum absolute atomic E-state index is 0.0124. The smallest absolute Gasteiger partial charge is 0.328 e. The predicted octanol–water partition coefficient (Wildman–Crippen LogP) is 2.64. The van der Waals surface area contributed by atoms with Crippen LogP contribution in [0.2, 0.25) is 0 Å². The highest BCUT2D eigenvalue weighted by Crippen LogP contribution is 2.24. The Kier molecular flexibility index (Phi) is 5.67. The maximum Gasteiger partial charge on any atom is 0.328 e. The largest absolute Gasteiger partial charge is 0.467 e. The van der Waals surface area contributed by atoms with Gasteiger partial charge in [-0.1, -0.05) is 18.2 Å². The fourth-order valence-electron chi connectivity index (χ4n) is 2.55. The molecule has 1 fully saturated rings. The number of thioether (sulfide) groups is 1. The molecule has 1 heterocycles. The SMILES string of the molecule is COC(=O)C1CCCCN1C(=O)CSc1ccccc1C. The third-order valence-electron chi connectivity index (χ3n) is 3.74. The van der Waals surface area contributed by atoms with Crippen molar-refractivity contribution in [1.29, 1.82) is 0 Å². The summed E-state index contributed by atoms with van der Waals surface area (Å²) in [6.07, 6.45) is 2.62. The number of hydrogen-bond donors (Lipinski definition) is 0. The first-order valence-corrected chi connectivity index (χ1v) is 8.17. The number of rotatable bonds is 4. The van der Waals surface area contributed by atoms with Crippen LogP contribution in [0.25, 0.3) is 0 Å². The molecular formula is C16H21NO3S. The first-order valence-electron chi connectivity index (χ1n) is 7.19. The summed E-state index contributed by atoms with van der Waals surface area (Å²) in [6.45, 7) is 2.68. The monoisotopic (exact) mass is 307 g/mol. The average molecular weight is 307 g/mol. The van der Waals surface area contributed by atoms with Crippen molar-refractivity contribution in [3.63, 3.8) is 0 Å². The maximum atomic E-state index is 12.4. The first-order chi connectivity index (χ1) is 10.1. The van der Waals surface area contributed by atoms with Crippen LogP contribution in [0.1, 0.15) is 24.8 Å². The lowest BCUT2D eigenvalue weighted by Gasteiger charge is -2.33. The number of likely N-dealkylation sites (tertiary alicyclic amines) is 1. The number of piperidine rings is 1. The Balaban J connectivity index is 1.98. The molecule has 5 heteroatoms. The molecule has 0 bridgehead atoms. The van der Waals surface area contributed by atoms with E-state index in [1.165, 1.54) is 24.4 Å². The predicted molar refractivity (Wildman–Crippen MR) is 83.3 cm³/mol. The van der Waals surface area contributed by atoms with Crippen molar-refractivity contribution in [3.05, 3.63) is 29.8 Å². The van der Waals surface area contributed by atoms with Crippen molar-refractivity contribution < 1.29 is 14.3 Å². The molecule has 1 unspecified atom stereocenters. The van der Waals surface area contributed by atoms with E-state index in [1.54, 1.807) is 4.90 Å². The molecule has 0 aliphatic carbocycles. The van der Waals surface area contributed by atoms with Gasteiger partial charge in [0.1, 0.15) is 6.04 Å². The van der Waals surface area contributed by atoms with Gasteiger partial charge in [0.15, 0.2) is 0 Å². The molecule has 2 rings (SSSR count). The van der Waals surface area contributed by atoms with Crippen LogP contribution in [-0.4, -0.2) is 42.2 Å². The van der Waals surface area contributed by atoms with Crippen LogP contribution in [0.4, 0.5) is 0 Å². The zero-order valence-electron chi connectivity index (χ0n) is 12.5. The molecule has 21 heavy (non-hydrogen) atoms. The van der Waals surface area contributed by atoms with E-state index >= 15 is 0 Å². The molecule has 1 aliphatic rings. The number of esters is 1. The lowest BCUT2D eigenvalue weighted by Crippen LogP contribution is -2.49. The van der Waals surface area contributed by atoms with Gasteiger partial charge in [0, 0.05) is 11.4 Å². The zero-order chi connectivity index (χ0) is 15.2. The minimum atomic E-state index is -0.409. The highest BCUT2D eigenvalue weighted by Gasteiger charge is 2.32. The van der Waals surface area contributed by atoms with Crippen molar-refractivity contribution in [3.8, 4) is 0 Å². The number of ether oxygens (including phenoxy) is 1. The van der Waals surface area contributed by atoms with Gasteiger partial charge in [0.05, 0.1) is 12.9 Å². The number of nitrogens with zero attached hydrogens (tertiary/aromatic N) is 1. The topological polar surface area (TPSA) is 46.6 Å². The Labute approximate surface area is 129 Å². The summed E-state index contributed by atoms with van der Waals surface area (Å²) in [6, 6.07) is 7.59. The Morgan fingerprint density at radius 1 is 1.33 bits per heavy atom. The fraction of sp³-hybridized carbons (Fsp3) is 0.500. The van der Waals surface area contributed by atoms with Crippen molar-refractivity contribution in [2.24, 2.45) is 0 Å². The third-order valence-corrected chi connectivity index (χ3v) is 4.90. The van der Waals surface area contributed by atoms with E-state index in [9.17, 15) is 9.59 Å². The molecule has 0 saturated carbocycles. The summed E-state index contributed by atoms with van der Waals surface area (Å²) in [5.74, 6) is 0.0699. The third kappa shape index (κ3) is 4.00. The second-order valence-corrected chi connectivity index (χ2v) is 6.19. The molecule has 1 saturated heterocycles. The lowest BCUT2D eigenvalue weighted by molar-refractivity contribution is -0.153. The molecule has 0 N–H and O–H groups in total. The van der Waals surface area contributed by atoms with E-state index < -0.39 is 6.04 Å². The number of hydrogen-bond acceptors (Lipinski definition) is 4. The van der Waals surface area contributed by atoms with E-state index in [4.69, 9.17) is 4.74 Å². The zero-order valence-corrected chi connectivity index (χ0v) is 13.3. The van der Waals surface area contributed by atoms with Crippen LogP contribution < -0.4 is 0 Å². The molecular weight excluding hydrogens is 286 g/mol. The van der Waals surface area contributed by atoms with Crippen LogP contribution in [-0.2, 0) is 14.3 Å². The molecule has 0 spiro atoms. The van der Waals surface area contributed by atoms with Crippen molar-refractivity contribution in [2.75, 3.05) is 19.4 Å². The number of benzene rings is 1. The second-order valence-electron chi connectivity index (χ2n) is 5.18. The van der Waals surface area contributed by atoms with Gasteiger partial charge in [-0.25, -0.2) is 4.79 Å². The van der Waals surface area contributed by atoms with E-state index in [0.29, 0.717) is 18.7 Å². The quantitative estimate of drug-likeness (QED) is 0.634. The number of carbonyl (C=O) groups excluding carboxylic acids is 2. The van der Waals surface area contributed by atoms with Crippen molar-refractivity contribution in [1.82, 2.24) is 4.90 Å². The van der Waals surface area contributed by atoms with Crippen LogP contribution in [0, 0.1) is 6.92 Å². The van der Waals surface area contributed by atoms with Gasteiger partial charge in [0.2, 0.25) is 5.91 Å². The van der Waals surface area contributed by atoms with E-state index in [-0.39, 0.29) is 11.9 Å². The minimum Gasteiger partial charge on any atom is -0.467 e. The maximum absolute atomic E-state index is 12.4. The Hall–Kier alpha value is -1.49. The summed E-state index contributed by atoms with van der Waals surface area (Å²) in [7, 11) is 1.38. The number of carbonyl (C=O) groups is 2. The summed E-state index contributed by atoms with van der Waals surface area (Å²) in [4.78, 5) is 27.0. The molecule has 0 aromatic heterocycles. The molecule has 0 radical (unpaired) electrons. The van der Waals surface area contributed by atoms with Crippen LogP contribution in [0.15, 0.2) is 29.2 Å². The van der Waals surface area contributed by atoms with Gasteiger partial charge < -0.3 is 9.64 Å². The standard InChI is InChI=1S/C16H21NO3S/c1-12-7-3-4-9-14(12)21-11-15(18)17-10-6-5-8-13(17)16(19)20-2/h3-4,7,9,13H,5-6,8,10-11H2,1-2H3. The summed E-state index contributed by atoms with van der Waals surface area (Å²) in [5, 5.41) is 0. The highest BCUT2D eigenvalue weighted by molar-refractivity contribution is 8.00. The van der Waals surface area contributed by atoms with Crippen molar-refractivity contribution >= 4 is 23.6 Å². The lowest BCUT2D eigenvalue weighted by atomic mass is 10.0. The van der Waals surface area contributed by atoms with Gasteiger partial charge in [-0.3, -0.25) is 4.79 Å². The Bertz CT molecular complexity index is 518. The first kappa shape index (κ1) is 15.9. The molecule has 1 aromatic carbocycles. The van der Waals surface area contributed by atoms with E-state index in [2.05, 4.69) is 0 Å².